The molecule has 35 heavy (non-hydrogen) atoms. The smallest absolute Gasteiger partial charge is 0.161 e. The second-order valence-electron chi connectivity index (χ2n) is 8.72. The number of aliphatic imine (C=N–C) groups is 1. The van der Waals surface area contributed by atoms with Crippen molar-refractivity contribution in [2.24, 2.45) is 4.99 Å². The van der Waals surface area contributed by atoms with Gasteiger partial charge in [-0.1, -0.05) is 36.0 Å². The van der Waals surface area contributed by atoms with Crippen LogP contribution in [0.5, 0.6) is 11.5 Å². The normalized spacial score (nSPS) is 25.6. The molecule has 8 nitrogen and oxygen atoms in total. The summed E-state index contributed by atoms with van der Waals surface area (Å²) < 4.78 is 29.9. The van der Waals surface area contributed by atoms with Gasteiger partial charge in [0.25, 0.3) is 0 Å². The molecule has 0 saturated carbocycles. The summed E-state index contributed by atoms with van der Waals surface area (Å²) >= 11 is 1.59. The second-order valence-corrected chi connectivity index (χ2v) is 9.78. The van der Waals surface area contributed by atoms with Crippen molar-refractivity contribution < 1.29 is 28.8 Å². The van der Waals surface area contributed by atoms with E-state index in [0.29, 0.717) is 19.6 Å². The third kappa shape index (κ3) is 6.29. The zero-order valence-electron chi connectivity index (χ0n) is 20.6. The van der Waals surface area contributed by atoms with Crippen molar-refractivity contribution in [3.8, 4) is 11.5 Å². The summed E-state index contributed by atoms with van der Waals surface area (Å²) in [4.78, 5) is 6.92. The predicted octanol–water partition coefficient (Wildman–Crippen LogP) is 3.31. The molecular formula is C26H34N2O6S. The fraction of sp³-hybridized carbons (Fsp3) is 0.500. The summed E-state index contributed by atoms with van der Waals surface area (Å²) in [6, 6.07) is 15.4. The summed E-state index contributed by atoms with van der Waals surface area (Å²) in [7, 11) is 7.24. The van der Waals surface area contributed by atoms with Crippen LogP contribution in [0.15, 0.2) is 53.5 Å². The third-order valence-corrected chi connectivity index (χ3v) is 7.40. The Morgan fingerprint density at radius 1 is 0.886 bits per heavy atom. The third-order valence-electron chi connectivity index (χ3n) is 6.09. The Kier molecular flexibility index (Phi) is 8.91. The first-order valence-corrected chi connectivity index (χ1v) is 12.6. The van der Waals surface area contributed by atoms with Gasteiger partial charge >= 0.3 is 0 Å². The lowest BCUT2D eigenvalue weighted by Crippen LogP contribution is -2.57. The Balaban J connectivity index is 1.55. The summed E-state index contributed by atoms with van der Waals surface area (Å²) in [5.41, 5.74) is 1.86. The van der Waals surface area contributed by atoms with Crippen molar-refractivity contribution in [2.75, 3.05) is 34.9 Å². The Morgan fingerprint density at radius 2 is 1.43 bits per heavy atom. The molecule has 0 bridgehead atoms. The molecule has 2 aliphatic rings. The van der Waals surface area contributed by atoms with Gasteiger partial charge in [-0.25, -0.2) is 0 Å². The molecule has 5 atom stereocenters. The summed E-state index contributed by atoms with van der Waals surface area (Å²) in [6.45, 7) is 0.794. The first-order valence-electron chi connectivity index (χ1n) is 11.7. The molecule has 4 rings (SSSR count). The highest BCUT2D eigenvalue weighted by atomic mass is 32.2. The van der Waals surface area contributed by atoms with Gasteiger partial charge in [-0.15, -0.1) is 0 Å². The standard InChI is InChI=1S/C26H34N2O6S/c1-28(2)26-27-22-24(33-16-18-7-11-20(31-4)12-8-18)23(21(13-14-29)34-25(22)35-26)32-15-17-5-9-19(30-3)10-6-17/h5-12,21-25,29H,13-16H2,1-4H3/t21-,22-,23?,24+,25-/m1/s1. The van der Waals surface area contributed by atoms with Crippen LogP contribution in [0, 0.1) is 0 Å². The highest BCUT2D eigenvalue weighted by Crippen LogP contribution is 2.40. The van der Waals surface area contributed by atoms with Crippen LogP contribution in [-0.4, -0.2) is 79.9 Å². The van der Waals surface area contributed by atoms with Gasteiger partial charge < -0.3 is 33.7 Å². The van der Waals surface area contributed by atoms with Gasteiger partial charge in [0.2, 0.25) is 0 Å². The number of rotatable bonds is 10. The molecule has 2 aromatic rings. The van der Waals surface area contributed by atoms with E-state index in [1.54, 1.807) is 26.0 Å². The largest absolute Gasteiger partial charge is 0.497 e. The van der Waals surface area contributed by atoms with E-state index in [1.165, 1.54) is 0 Å². The molecule has 1 N–H and O–H groups in total. The van der Waals surface area contributed by atoms with Gasteiger partial charge in [0, 0.05) is 20.7 Å². The van der Waals surface area contributed by atoms with Gasteiger partial charge in [-0.3, -0.25) is 4.99 Å². The molecule has 2 heterocycles. The van der Waals surface area contributed by atoms with Crippen LogP contribution in [0.3, 0.4) is 0 Å². The lowest BCUT2D eigenvalue weighted by atomic mass is 9.95. The minimum Gasteiger partial charge on any atom is -0.497 e. The summed E-state index contributed by atoms with van der Waals surface area (Å²) in [5.74, 6) is 1.60. The summed E-state index contributed by atoms with van der Waals surface area (Å²) in [6.07, 6.45) is -0.591. The fourth-order valence-corrected chi connectivity index (χ4v) is 5.34. The van der Waals surface area contributed by atoms with Crippen molar-refractivity contribution in [2.45, 2.75) is 49.4 Å². The molecule has 9 heteroatoms. The SMILES string of the molecule is COc1ccc(COC2[C@@H](OCc3ccc(OC)cc3)[C@H]3N=C(N(C)C)S[C@H]3O[C@@H]2CCO)cc1. The van der Waals surface area contributed by atoms with E-state index in [1.807, 2.05) is 67.5 Å². The molecule has 0 aliphatic carbocycles. The fourth-order valence-electron chi connectivity index (χ4n) is 4.19. The lowest BCUT2D eigenvalue weighted by molar-refractivity contribution is -0.200. The van der Waals surface area contributed by atoms with Crippen molar-refractivity contribution in [3.63, 3.8) is 0 Å². The average molecular weight is 503 g/mol. The number of fused-ring (bicyclic) bond motifs is 1. The van der Waals surface area contributed by atoms with Crippen LogP contribution in [0.2, 0.25) is 0 Å². The quantitative estimate of drug-likeness (QED) is 0.530. The van der Waals surface area contributed by atoms with E-state index in [0.717, 1.165) is 27.8 Å². The molecule has 0 spiro atoms. The second kappa shape index (κ2) is 12.1. The van der Waals surface area contributed by atoms with Crippen LogP contribution in [0.1, 0.15) is 17.5 Å². The van der Waals surface area contributed by atoms with Gasteiger partial charge in [0.1, 0.15) is 35.2 Å². The monoisotopic (exact) mass is 502 g/mol. The number of benzene rings is 2. The summed E-state index contributed by atoms with van der Waals surface area (Å²) in [5, 5.41) is 10.7. The number of nitrogens with zero attached hydrogens (tertiary/aromatic N) is 2. The minimum atomic E-state index is -0.394. The Morgan fingerprint density at radius 3 is 1.91 bits per heavy atom. The van der Waals surface area contributed by atoms with Crippen LogP contribution in [0.4, 0.5) is 0 Å². The molecule has 0 radical (unpaired) electrons. The van der Waals surface area contributed by atoms with Crippen molar-refractivity contribution >= 4 is 16.9 Å². The number of ether oxygens (including phenoxy) is 5. The zero-order chi connectivity index (χ0) is 24.8. The van der Waals surface area contributed by atoms with Crippen LogP contribution >= 0.6 is 11.8 Å². The van der Waals surface area contributed by atoms with E-state index in [-0.39, 0.29) is 30.3 Å². The molecule has 2 aliphatic heterocycles. The van der Waals surface area contributed by atoms with Crippen molar-refractivity contribution in [1.29, 1.82) is 0 Å². The average Bonchev–Trinajstić information content (AvgIpc) is 3.31. The maximum absolute atomic E-state index is 9.76. The lowest BCUT2D eigenvalue weighted by Gasteiger charge is -2.42. The van der Waals surface area contributed by atoms with Gasteiger partial charge in [-0.05, 0) is 41.8 Å². The topological polar surface area (TPSA) is 82.0 Å². The highest BCUT2D eigenvalue weighted by molar-refractivity contribution is 8.14. The molecule has 1 fully saturated rings. The maximum atomic E-state index is 9.76. The first-order chi connectivity index (χ1) is 17.0. The van der Waals surface area contributed by atoms with E-state index in [4.69, 9.17) is 28.7 Å². The van der Waals surface area contributed by atoms with Gasteiger partial charge in [-0.2, -0.15) is 0 Å². The number of hydrogen-bond acceptors (Lipinski definition) is 9. The number of hydrogen-bond donors (Lipinski definition) is 1. The van der Waals surface area contributed by atoms with E-state index in [2.05, 4.69) is 0 Å². The molecule has 2 aromatic carbocycles. The molecule has 190 valence electrons. The van der Waals surface area contributed by atoms with E-state index < -0.39 is 6.10 Å². The Hall–Kier alpha value is -2.30. The van der Waals surface area contributed by atoms with E-state index in [9.17, 15) is 5.11 Å². The van der Waals surface area contributed by atoms with Crippen LogP contribution < -0.4 is 9.47 Å². The zero-order valence-corrected chi connectivity index (χ0v) is 21.4. The molecule has 1 unspecified atom stereocenters. The Labute approximate surface area is 211 Å². The molecule has 0 aromatic heterocycles. The number of aliphatic hydroxyl groups is 1. The predicted molar refractivity (Wildman–Crippen MR) is 136 cm³/mol. The Bertz CT molecular complexity index is 969. The van der Waals surface area contributed by atoms with Gasteiger partial charge in [0.05, 0.1) is 33.5 Å². The molecule has 0 amide bonds. The van der Waals surface area contributed by atoms with Crippen molar-refractivity contribution in [1.82, 2.24) is 4.90 Å². The molecule has 1 saturated heterocycles. The molecular weight excluding hydrogens is 468 g/mol. The highest BCUT2D eigenvalue weighted by Gasteiger charge is 2.50. The van der Waals surface area contributed by atoms with E-state index >= 15 is 0 Å². The van der Waals surface area contributed by atoms with Crippen LogP contribution in [0.25, 0.3) is 0 Å². The van der Waals surface area contributed by atoms with Gasteiger partial charge in [0.15, 0.2) is 5.17 Å². The number of methoxy groups -OCH3 is 2. The first kappa shape index (κ1) is 25.8. The van der Waals surface area contributed by atoms with Crippen molar-refractivity contribution in [3.05, 3.63) is 59.7 Å². The number of aliphatic hydroxyl groups excluding tert-OH is 1. The number of thioether (sulfide) groups is 1. The minimum absolute atomic E-state index is 0.00170. The maximum Gasteiger partial charge on any atom is 0.161 e. The van der Waals surface area contributed by atoms with Crippen LogP contribution in [-0.2, 0) is 27.4 Å². The number of amidine groups is 1.